The van der Waals surface area contributed by atoms with E-state index in [-0.39, 0.29) is 18.3 Å². The van der Waals surface area contributed by atoms with Crippen molar-refractivity contribution in [3.8, 4) is 0 Å². The summed E-state index contributed by atoms with van der Waals surface area (Å²) in [4.78, 5) is 25.1. The Labute approximate surface area is 112 Å². The van der Waals surface area contributed by atoms with Gasteiger partial charge < -0.3 is 9.64 Å². The van der Waals surface area contributed by atoms with Gasteiger partial charge in [-0.2, -0.15) is 10.2 Å². The summed E-state index contributed by atoms with van der Waals surface area (Å²) < 4.78 is 4.57. The summed E-state index contributed by atoms with van der Waals surface area (Å²) in [6.45, 7) is 6.26. The second-order valence-corrected chi connectivity index (χ2v) is 4.20. The number of amides is 1. The van der Waals surface area contributed by atoms with Crippen molar-refractivity contribution in [2.45, 2.75) is 27.2 Å². The zero-order valence-electron chi connectivity index (χ0n) is 11.8. The van der Waals surface area contributed by atoms with Gasteiger partial charge in [-0.15, -0.1) is 0 Å². The lowest BCUT2D eigenvalue weighted by atomic mass is 10.1. The van der Waals surface area contributed by atoms with E-state index < -0.39 is 0 Å². The number of aryl methyl sites for hydroxylation is 2. The van der Waals surface area contributed by atoms with Crippen LogP contribution in [0, 0.1) is 13.8 Å². The highest BCUT2D eigenvalue weighted by atomic mass is 16.5. The Bertz CT molecular complexity index is 474. The third kappa shape index (κ3) is 4.01. The maximum Gasteiger partial charge on any atom is 0.307 e. The number of carbonyl (C=O) groups excluding carboxylic acids is 2. The van der Waals surface area contributed by atoms with Crippen LogP contribution in [0.15, 0.2) is 6.07 Å². The van der Waals surface area contributed by atoms with Crippen LogP contribution in [0.25, 0.3) is 0 Å². The van der Waals surface area contributed by atoms with Gasteiger partial charge in [0.1, 0.15) is 0 Å². The van der Waals surface area contributed by atoms with Crippen molar-refractivity contribution < 1.29 is 14.3 Å². The predicted molar refractivity (Wildman–Crippen MR) is 69.7 cm³/mol. The van der Waals surface area contributed by atoms with Gasteiger partial charge in [0.05, 0.1) is 30.5 Å². The summed E-state index contributed by atoms with van der Waals surface area (Å²) in [7, 11) is 1.33. The van der Waals surface area contributed by atoms with Crippen molar-refractivity contribution in [1.82, 2.24) is 15.1 Å². The number of rotatable bonds is 5. The number of hydrogen-bond donors (Lipinski definition) is 0. The molecule has 1 amide bonds. The fourth-order valence-electron chi connectivity index (χ4n) is 1.67. The second kappa shape index (κ2) is 6.82. The van der Waals surface area contributed by atoms with Crippen molar-refractivity contribution in [3.63, 3.8) is 0 Å². The normalized spacial score (nSPS) is 10.1. The van der Waals surface area contributed by atoms with Crippen molar-refractivity contribution in [2.24, 2.45) is 0 Å². The first-order valence-electron chi connectivity index (χ1n) is 6.16. The van der Waals surface area contributed by atoms with E-state index in [2.05, 4.69) is 14.9 Å². The first-order chi connectivity index (χ1) is 8.99. The molecule has 0 fully saturated rings. The van der Waals surface area contributed by atoms with Crippen LogP contribution in [0.4, 0.5) is 0 Å². The molecule has 6 nitrogen and oxygen atoms in total. The van der Waals surface area contributed by atoms with Gasteiger partial charge in [0, 0.05) is 13.1 Å². The topological polar surface area (TPSA) is 72.4 Å². The molecule has 1 rings (SSSR count). The van der Waals surface area contributed by atoms with Crippen molar-refractivity contribution in [3.05, 3.63) is 23.0 Å². The molecule has 0 aliphatic rings. The van der Waals surface area contributed by atoms with E-state index in [4.69, 9.17) is 0 Å². The highest BCUT2D eigenvalue weighted by molar-refractivity contribution is 5.95. The monoisotopic (exact) mass is 265 g/mol. The van der Waals surface area contributed by atoms with E-state index in [1.807, 2.05) is 6.92 Å². The fourth-order valence-corrected chi connectivity index (χ4v) is 1.67. The van der Waals surface area contributed by atoms with Crippen molar-refractivity contribution in [2.75, 3.05) is 20.2 Å². The summed E-state index contributed by atoms with van der Waals surface area (Å²) in [5.74, 6) is -0.464. The number of carbonyl (C=O) groups is 2. The average Bonchev–Trinajstić information content (AvgIpc) is 2.41. The Balaban J connectivity index is 2.83. The van der Waals surface area contributed by atoms with Gasteiger partial charge in [-0.25, -0.2) is 0 Å². The molecule has 0 aromatic carbocycles. The summed E-state index contributed by atoms with van der Waals surface area (Å²) in [5.41, 5.74) is 1.81. The Hall–Kier alpha value is -1.98. The van der Waals surface area contributed by atoms with Gasteiger partial charge in [-0.3, -0.25) is 9.59 Å². The number of hydrogen-bond acceptors (Lipinski definition) is 5. The average molecular weight is 265 g/mol. The Kier molecular flexibility index (Phi) is 5.41. The second-order valence-electron chi connectivity index (χ2n) is 4.20. The minimum absolute atomic E-state index is 0.137. The van der Waals surface area contributed by atoms with Gasteiger partial charge >= 0.3 is 5.97 Å². The molecule has 0 atom stereocenters. The maximum absolute atomic E-state index is 12.4. The molecule has 0 spiro atoms. The van der Waals surface area contributed by atoms with Crippen LogP contribution in [-0.2, 0) is 9.53 Å². The molecule has 0 radical (unpaired) electrons. The van der Waals surface area contributed by atoms with Gasteiger partial charge in [0.2, 0.25) is 0 Å². The standard InChI is InChI=1S/C13H19N3O3/c1-5-16(7-6-12(17)19-4)13(18)11-8-9(2)14-15-10(11)3/h8H,5-7H2,1-4H3. The predicted octanol–water partition coefficient (Wildman–Crippen LogP) is 1.12. The highest BCUT2D eigenvalue weighted by Crippen LogP contribution is 2.10. The SMILES string of the molecule is CCN(CCC(=O)OC)C(=O)c1cc(C)nnc1C. The largest absolute Gasteiger partial charge is 0.469 e. The molecule has 1 aromatic rings. The summed E-state index contributed by atoms with van der Waals surface area (Å²) in [6.07, 6.45) is 0.187. The zero-order chi connectivity index (χ0) is 14.4. The number of ether oxygens (including phenoxy) is 1. The summed E-state index contributed by atoms with van der Waals surface area (Å²) in [6, 6.07) is 1.71. The van der Waals surface area contributed by atoms with Gasteiger partial charge in [-0.1, -0.05) is 0 Å². The molecule has 6 heteroatoms. The molecule has 1 heterocycles. The molecule has 0 saturated heterocycles. The number of esters is 1. The van der Waals surface area contributed by atoms with Gasteiger partial charge in [0.25, 0.3) is 5.91 Å². The van der Waals surface area contributed by atoms with Crippen LogP contribution in [0.3, 0.4) is 0 Å². The zero-order valence-corrected chi connectivity index (χ0v) is 11.8. The Morgan fingerprint density at radius 3 is 2.58 bits per heavy atom. The van der Waals surface area contributed by atoms with E-state index >= 15 is 0 Å². The lowest BCUT2D eigenvalue weighted by Gasteiger charge is -2.21. The quantitative estimate of drug-likeness (QED) is 0.746. The third-order valence-electron chi connectivity index (χ3n) is 2.81. The molecule has 1 aromatic heterocycles. The van der Waals surface area contributed by atoms with Crippen LogP contribution in [0.2, 0.25) is 0 Å². The minimum atomic E-state index is -0.327. The molecule has 0 bridgehead atoms. The molecule has 0 aliphatic carbocycles. The molecular weight excluding hydrogens is 246 g/mol. The maximum atomic E-state index is 12.4. The van der Waals surface area contributed by atoms with Gasteiger partial charge in [0.15, 0.2) is 0 Å². The molecular formula is C13H19N3O3. The fraction of sp³-hybridized carbons (Fsp3) is 0.538. The smallest absolute Gasteiger partial charge is 0.307 e. The summed E-state index contributed by atoms with van der Waals surface area (Å²) in [5, 5.41) is 7.84. The van der Waals surface area contributed by atoms with E-state index in [1.54, 1.807) is 24.8 Å². The van der Waals surface area contributed by atoms with E-state index in [1.165, 1.54) is 7.11 Å². The van der Waals surface area contributed by atoms with Crippen LogP contribution >= 0.6 is 0 Å². The lowest BCUT2D eigenvalue weighted by Crippen LogP contribution is -2.33. The Morgan fingerprint density at radius 2 is 2.00 bits per heavy atom. The number of methoxy groups -OCH3 is 1. The summed E-state index contributed by atoms with van der Waals surface area (Å²) >= 11 is 0. The van der Waals surface area contributed by atoms with Crippen LogP contribution < -0.4 is 0 Å². The van der Waals surface area contributed by atoms with E-state index in [0.29, 0.717) is 30.0 Å². The van der Waals surface area contributed by atoms with E-state index in [9.17, 15) is 9.59 Å². The van der Waals surface area contributed by atoms with Crippen LogP contribution in [0.1, 0.15) is 35.1 Å². The molecule has 104 valence electrons. The molecule has 0 unspecified atom stereocenters. The third-order valence-corrected chi connectivity index (χ3v) is 2.81. The molecule has 19 heavy (non-hydrogen) atoms. The highest BCUT2D eigenvalue weighted by Gasteiger charge is 2.18. The molecule has 0 aliphatic heterocycles. The molecule has 0 N–H and O–H groups in total. The minimum Gasteiger partial charge on any atom is -0.469 e. The number of nitrogens with zero attached hydrogens (tertiary/aromatic N) is 3. The lowest BCUT2D eigenvalue weighted by molar-refractivity contribution is -0.140. The van der Waals surface area contributed by atoms with Gasteiger partial charge in [-0.05, 0) is 26.8 Å². The Morgan fingerprint density at radius 1 is 1.32 bits per heavy atom. The van der Waals surface area contributed by atoms with Crippen LogP contribution in [0.5, 0.6) is 0 Å². The first-order valence-corrected chi connectivity index (χ1v) is 6.16. The van der Waals surface area contributed by atoms with Crippen molar-refractivity contribution in [1.29, 1.82) is 0 Å². The van der Waals surface area contributed by atoms with Crippen LogP contribution in [-0.4, -0.2) is 47.2 Å². The van der Waals surface area contributed by atoms with Crippen molar-refractivity contribution >= 4 is 11.9 Å². The number of aromatic nitrogens is 2. The van der Waals surface area contributed by atoms with E-state index in [0.717, 1.165) is 0 Å². The molecule has 0 saturated carbocycles. The first kappa shape index (κ1) is 15.1.